The van der Waals surface area contributed by atoms with Gasteiger partial charge in [-0.1, -0.05) is 0 Å². The van der Waals surface area contributed by atoms with Crippen molar-refractivity contribution in [3.63, 3.8) is 0 Å². The quantitative estimate of drug-likeness (QED) is 0.692. The normalized spacial score (nSPS) is 12.8. The highest BCUT2D eigenvalue weighted by atomic mass is 15.1. The molecular weight excluding hydrogens is 166 g/mol. The number of hydrogen-bond acceptors (Lipinski definition) is 4. The Labute approximate surface area is 77.2 Å². The number of anilines is 1. The molecule has 1 unspecified atom stereocenters. The SMILES string of the molecule is CC(c1nc(N)c(C#N)[nH]1)N(C)C. The summed E-state index contributed by atoms with van der Waals surface area (Å²) < 4.78 is 0. The molecule has 1 atom stereocenters. The number of H-pyrrole nitrogens is 1. The van der Waals surface area contributed by atoms with Gasteiger partial charge in [-0.3, -0.25) is 4.90 Å². The lowest BCUT2D eigenvalue weighted by molar-refractivity contribution is 0.310. The van der Waals surface area contributed by atoms with Crippen molar-refractivity contribution in [3.05, 3.63) is 11.5 Å². The van der Waals surface area contributed by atoms with Gasteiger partial charge in [0, 0.05) is 0 Å². The summed E-state index contributed by atoms with van der Waals surface area (Å²) in [5, 5.41) is 8.64. The Morgan fingerprint density at radius 1 is 1.62 bits per heavy atom. The molecule has 0 amide bonds. The van der Waals surface area contributed by atoms with E-state index in [1.165, 1.54) is 0 Å². The molecule has 0 aliphatic rings. The lowest BCUT2D eigenvalue weighted by Gasteiger charge is -2.16. The van der Waals surface area contributed by atoms with E-state index in [1.54, 1.807) is 0 Å². The first-order valence-electron chi connectivity index (χ1n) is 3.98. The summed E-state index contributed by atoms with van der Waals surface area (Å²) >= 11 is 0. The van der Waals surface area contributed by atoms with Gasteiger partial charge in [0.05, 0.1) is 6.04 Å². The highest BCUT2D eigenvalue weighted by Gasteiger charge is 2.14. The molecule has 0 bridgehead atoms. The topological polar surface area (TPSA) is 81.7 Å². The fraction of sp³-hybridized carbons (Fsp3) is 0.500. The summed E-state index contributed by atoms with van der Waals surface area (Å²) in [6.45, 7) is 1.99. The summed E-state index contributed by atoms with van der Waals surface area (Å²) in [5.74, 6) is 0.991. The molecule has 0 aliphatic heterocycles. The molecule has 13 heavy (non-hydrogen) atoms. The third kappa shape index (κ3) is 1.79. The molecule has 5 nitrogen and oxygen atoms in total. The maximum Gasteiger partial charge on any atom is 0.161 e. The van der Waals surface area contributed by atoms with Gasteiger partial charge in [-0.05, 0) is 21.0 Å². The van der Waals surface area contributed by atoms with Gasteiger partial charge in [0.25, 0.3) is 0 Å². The standard InChI is InChI=1S/C8H13N5/c1-5(13(2)3)8-11-6(4-9)7(10)12-8/h5H,10H2,1-3H3,(H,11,12). The van der Waals surface area contributed by atoms with Crippen molar-refractivity contribution in [2.24, 2.45) is 0 Å². The lowest BCUT2D eigenvalue weighted by atomic mass is 10.3. The molecule has 70 valence electrons. The van der Waals surface area contributed by atoms with E-state index in [0.29, 0.717) is 5.69 Å². The zero-order chi connectivity index (χ0) is 10.0. The van der Waals surface area contributed by atoms with Crippen LogP contribution >= 0.6 is 0 Å². The van der Waals surface area contributed by atoms with Crippen molar-refractivity contribution in [1.29, 1.82) is 5.26 Å². The molecule has 1 aromatic heterocycles. The number of aromatic amines is 1. The molecule has 0 aliphatic carbocycles. The number of hydrogen-bond donors (Lipinski definition) is 2. The Morgan fingerprint density at radius 2 is 2.23 bits per heavy atom. The predicted octanol–water partition coefficient (Wildman–Crippen LogP) is 0.486. The number of imidazole rings is 1. The Morgan fingerprint density at radius 3 is 2.62 bits per heavy atom. The van der Waals surface area contributed by atoms with Gasteiger partial charge >= 0.3 is 0 Å². The summed E-state index contributed by atoms with van der Waals surface area (Å²) in [6.07, 6.45) is 0. The summed E-state index contributed by atoms with van der Waals surface area (Å²) in [7, 11) is 3.88. The van der Waals surface area contributed by atoms with Crippen molar-refractivity contribution in [2.45, 2.75) is 13.0 Å². The van der Waals surface area contributed by atoms with Crippen LogP contribution in [0.25, 0.3) is 0 Å². The fourth-order valence-electron chi connectivity index (χ4n) is 0.933. The molecule has 0 radical (unpaired) electrons. The zero-order valence-electron chi connectivity index (χ0n) is 8.00. The second-order valence-electron chi connectivity index (χ2n) is 3.13. The van der Waals surface area contributed by atoms with Crippen LogP contribution in [0.2, 0.25) is 0 Å². The molecule has 0 saturated heterocycles. The second kappa shape index (κ2) is 3.46. The molecule has 5 heteroatoms. The van der Waals surface area contributed by atoms with Gasteiger partial charge in [0.1, 0.15) is 11.9 Å². The first-order chi connectivity index (χ1) is 6.06. The average Bonchev–Trinajstić information content (AvgIpc) is 2.45. The minimum absolute atomic E-state index is 0.129. The first kappa shape index (κ1) is 9.55. The Kier molecular flexibility index (Phi) is 2.54. The minimum Gasteiger partial charge on any atom is -0.381 e. The van der Waals surface area contributed by atoms with Crippen LogP contribution in [0.1, 0.15) is 24.5 Å². The van der Waals surface area contributed by atoms with E-state index in [9.17, 15) is 0 Å². The lowest BCUT2D eigenvalue weighted by Crippen LogP contribution is -2.17. The van der Waals surface area contributed by atoms with Crippen LogP contribution < -0.4 is 5.73 Å². The van der Waals surface area contributed by atoms with Crippen LogP contribution in [-0.2, 0) is 0 Å². The van der Waals surface area contributed by atoms with Crippen LogP contribution in [0.4, 0.5) is 5.82 Å². The number of nitrogens with two attached hydrogens (primary N) is 1. The second-order valence-corrected chi connectivity index (χ2v) is 3.13. The van der Waals surface area contributed by atoms with E-state index < -0.39 is 0 Å². The summed E-state index contributed by atoms with van der Waals surface area (Å²) in [5.41, 5.74) is 5.84. The van der Waals surface area contributed by atoms with Gasteiger partial charge in [0.15, 0.2) is 11.5 Å². The maximum absolute atomic E-state index is 8.64. The van der Waals surface area contributed by atoms with Crippen LogP contribution in [-0.4, -0.2) is 29.0 Å². The third-order valence-electron chi connectivity index (χ3n) is 2.03. The van der Waals surface area contributed by atoms with Gasteiger partial charge < -0.3 is 10.7 Å². The molecular formula is C8H13N5. The summed E-state index contributed by atoms with van der Waals surface area (Å²) in [6, 6.07) is 2.08. The van der Waals surface area contributed by atoms with E-state index in [1.807, 2.05) is 32.0 Å². The smallest absolute Gasteiger partial charge is 0.161 e. The Balaban J connectivity index is 2.98. The zero-order valence-corrected chi connectivity index (χ0v) is 8.00. The number of rotatable bonds is 2. The predicted molar refractivity (Wildman–Crippen MR) is 49.8 cm³/mol. The number of nitrogens with zero attached hydrogens (tertiary/aromatic N) is 3. The van der Waals surface area contributed by atoms with Crippen LogP contribution in [0.3, 0.4) is 0 Å². The van der Waals surface area contributed by atoms with Gasteiger partial charge in [-0.25, -0.2) is 4.98 Å². The van der Waals surface area contributed by atoms with E-state index in [0.717, 1.165) is 5.82 Å². The Hall–Kier alpha value is -1.54. The van der Waals surface area contributed by atoms with Crippen LogP contribution in [0, 0.1) is 11.3 Å². The summed E-state index contributed by atoms with van der Waals surface area (Å²) in [4.78, 5) is 8.92. The van der Waals surface area contributed by atoms with Crippen molar-refractivity contribution >= 4 is 5.82 Å². The first-order valence-corrected chi connectivity index (χ1v) is 3.98. The largest absolute Gasteiger partial charge is 0.381 e. The van der Waals surface area contributed by atoms with E-state index >= 15 is 0 Å². The van der Waals surface area contributed by atoms with Gasteiger partial charge in [-0.2, -0.15) is 5.26 Å². The van der Waals surface area contributed by atoms with E-state index in [4.69, 9.17) is 11.0 Å². The number of nitriles is 1. The number of nitrogen functional groups attached to an aromatic ring is 1. The average molecular weight is 179 g/mol. The number of aromatic nitrogens is 2. The van der Waals surface area contributed by atoms with E-state index in [-0.39, 0.29) is 11.9 Å². The molecule has 3 N–H and O–H groups in total. The molecule has 0 aromatic carbocycles. The van der Waals surface area contributed by atoms with Crippen LogP contribution in [0.5, 0.6) is 0 Å². The van der Waals surface area contributed by atoms with Gasteiger partial charge in [0.2, 0.25) is 0 Å². The molecule has 1 rings (SSSR count). The van der Waals surface area contributed by atoms with Crippen molar-refractivity contribution in [3.8, 4) is 6.07 Å². The van der Waals surface area contributed by atoms with E-state index in [2.05, 4.69) is 9.97 Å². The highest BCUT2D eigenvalue weighted by molar-refractivity contribution is 5.44. The maximum atomic E-state index is 8.64. The third-order valence-corrected chi connectivity index (χ3v) is 2.03. The monoisotopic (exact) mass is 179 g/mol. The molecule has 0 spiro atoms. The van der Waals surface area contributed by atoms with Crippen molar-refractivity contribution in [2.75, 3.05) is 19.8 Å². The molecule has 1 heterocycles. The molecule has 0 fully saturated rings. The minimum atomic E-state index is 0.129. The van der Waals surface area contributed by atoms with Crippen LogP contribution in [0.15, 0.2) is 0 Å². The fourth-order valence-corrected chi connectivity index (χ4v) is 0.933. The number of nitrogens with one attached hydrogen (secondary N) is 1. The van der Waals surface area contributed by atoms with Gasteiger partial charge in [-0.15, -0.1) is 0 Å². The van der Waals surface area contributed by atoms with Crippen molar-refractivity contribution in [1.82, 2.24) is 14.9 Å². The highest BCUT2D eigenvalue weighted by Crippen LogP contribution is 2.16. The van der Waals surface area contributed by atoms with Crippen molar-refractivity contribution < 1.29 is 0 Å². The Bertz CT molecular complexity index is 333. The molecule has 1 aromatic rings. The molecule has 0 saturated carbocycles.